The zero-order valence-electron chi connectivity index (χ0n) is 15.8. The number of esters is 1. The molecule has 3 aromatic carbocycles. The molecule has 0 bridgehead atoms. The Morgan fingerprint density at radius 2 is 1.60 bits per heavy atom. The molecule has 30 heavy (non-hydrogen) atoms. The van der Waals surface area contributed by atoms with E-state index in [0.717, 1.165) is 0 Å². The standard InChI is InChI=1S/C23H17N3O4/c24-14-16-7-6-8-17(13-16)23(29)30-15-21(27)26-20-12-5-4-11-19(20)22(28)25-18-9-2-1-3-10-18/h1-13H,15H2,(H,25,28)(H,26,27). The van der Waals surface area contributed by atoms with Gasteiger partial charge < -0.3 is 15.4 Å². The fourth-order valence-corrected chi connectivity index (χ4v) is 2.63. The number of rotatable bonds is 6. The van der Waals surface area contributed by atoms with Crippen molar-refractivity contribution in [3.05, 3.63) is 95.6 Å². The molecule has 0 aliphatic heterocycles. The molecule has 2 N–H and O–H groups in total. The van der Waals surface area contributed by atoms with Crippen molar-refractivity contribution in [2.24, 2.45) is 0 Å². The molecule has 3 rings (SSSR count). The molecular formula is C23H17N3O4. The topological polar surface area (TPSA) is 108 Å². The third-order valence-corrected chi connectivity index (χ3v) is 4.04. The summed E-state index contributed by atoms with van der Waals surface area (Å²) in [5, 5.41) is 14.2. The molecule has 0 aliphatic rings. The van der Waals surface area contributed by atoms with Crippen molar-refractivity contribution in [3.63, 3.8) is 0 Å². The van der Waals surface area contributed by atoms with Crippen LogP contribution in [0.5, 0.6) is 0 Å². The highest BCUT2D eigenvalue weighted by atomic mass is 16.5. The number of hydrogen-bond donors (Lipinski definition) is 2. The Hall–Kier alpha value is -4.44. The molecule has 0 aromatic heterocycles. The Morgan fingerprint density at radius 1 is 0.867 bits per heavy atom. The van der Waals surface area contributed by atoms with Crippen molar-refractivity contribution in [3.8, 4) is 6.07 Å². The van der Waals surface area contributed by atoms with Crippen molar-refractivity contribution in [2.75, 3.05) is 17.2 Å². The summed E-state index contributed by atoms with van der Waals surface area (Å²) in [6, 6.07) is 23.3. The number of ether oxygens (including phenoxy) is 1. The minimum atomic E-state index is -0.725. The Bertz CT molecular complexity index is 1120. The van der Waals surface area contributed by atoms with Gasteiger partial charge in [0.15, 0.2) is 6.61 Å². The maximum atomic E-state index is 12.6. The number of carbonyl (C=O) groups is 3. The molecule has 0 aliphatic carbocycles. The summed E-state index contributed by atoms with van der Waals surface area (Å²) in [5.74, 6) is -1.71. The number of anilines is 2. The molecule has 0 fully saturated rings. The van der Waals surface area contributed by atoms with Gasteiger partial charge in [-0.25, -0.2) is 4.79 Å². The SMILES string of the molecule is N#Cc1cccc(C(=O)OCC(=O)Nc2ccccc2C(=O)Nc2ccccc2)c1. The lowest BCUT2D eigenvalue weighted by molar-refractivity contribution is -0.119. The van der Waals surface area contributed by atoms with Crippen LogP contribution in [0, 0.1) is 11.3 Å². The summed E-state index contributed by atoms with van der Waals surface area (Å²) in [6.07, 6.45) is 0. The predicted octanol–water partition coefficient (Wildman–Crippen LogP) is 3.61. The summed E-state index contributed by atoms with van der Waals surface area (Å²) >= 11 is 0. The first-order chi connectivity index (χ1) is 14.6. The second kappa shape index (κ2) is 9.66. The molecular weight excluding hydrogens is 382 g/mol. The van der Waals surface area contributed by atoms with Crippen LogP contribution in [0.25, 0.3) is 0 Å². The number of nitriles is 1. The van der Waals surface area contributed by atoms with Gasteiger partial charge in [-0.2, -0.15) is 5.26 Å². The van der Waals surface area contributed by atoms with E-state index in [1.54, 1.807) is 60.7 Å². The van der Waals surface area contributed by atoms with E-state index >= 15 is 0 Å². The maximum absolute atomic E-state index is 12.6. The van der Waals surface area contributed by atoms with Crippen LogP contribution in [0.3, 0.4) is 0 Å². The fraction of sp³-hybridized carbons (Fsp3) is 0.0435. The van der Waals surface area contributed by atoms with Crippen molar-refractivity contribution in [1.29, 1.82) is 5.26 Å². The molecule has 0 unspecified atom stereocenters. The molecule has 0 saturated carbocycles. The van der Waals surface area contributed by atoms with Gasteiger partial charge in [-0.05, 0) is 42.5 Å². The van der Waals surface area contributed by atoms with E-state index in [-0.39, 0.29) is 17.0 Å². The first kappa shape index (κ1) is 20.3. The summed E-state index contributed by atoms with van der Waals surface area (Å²) in [7, 11) is 0. The van der Waals surface area contributed by atoms with Crippen molar-refractivity contribution in [2.45, 2.75) is 0 Å². The number of hydrogen-bond acceptors (Lipinski definition) is 5. The molecule has 0 atom stereocenters. The Kier molecular flexibility index (Phi) is 6.54. The van der Waals surface area contributed by atoms with Crippen LogP contribution in [0.1, 0.15) is 26.3 Å². The van der Waals surface area contributed by atoms with Crippen LogP contribution >= 0.6 is 0 Å². The van der Waals surface area contributed by atoms with Crippen LogP contribution in [-0.2, 0) is 9.53 Å². The smallest absolute Gasteiger partial charge is 0.338 e. The minimum absolute atomic E-state index is 0.171. The first-order valence-corrected chi connectivity index (χ1v) is 8.99. The van der Waals surface area contributed by atoms with E-state index in [1.807, 2.05) is 12.1 Å². The number of benzene rings is 3. The number of nitrogens with zero attached hydrogens (tertiary/aromatic N) is 1. The van der Waals surface area contributed by atoms with Crippen molar-refractivity contribution >= 4 is 29.2 Å². The number of para-hydroxylation sites is 2. The van der Waals surface area contributed by atoms with Gasteiger partial charge in [0.25, 0.3) is 11.8 Å². The second-order valence-corrected chi connectivity index (χ2v) is 6.18. The van der Waals surface area contributed by atoms with Gasteiger partial charge in [0.2, 0.25) is 0 Å². The Balaban J connectivity index is 1.62. The molecule has 0 saturated heterocycles. The first-order valence-electron chi connectivity index (χ1n) is 8.99. The Morgan fingerprint density at radius 3 is 2.37 bits per heavy atom. The number of nitrogens with one attached hydrogen (secondary N) is 2. The van der Waals surface area contributed by atoms with Crippen LogP contribution in [0.2, 0.25) is 0 Å². The molecule has 0 heterocycles. The van der Waals surface area contributed by atoms with Gasteiger partial charge in [-0.15, -0.1) is 0 Å². The number of amides is 2. The normalized spacial score (nSPS) is 9.83. The summed E-state index contributed by atoms with van der Waals surface area (Å²) in [4.78, 5) is 36.9. The van der Waals surface area contributed by atoms with Crippen molar-refractivity contribution < 1.29 is 19.1 Å². The van der Waals surface area contributed by atoms with E-state index < -0.39 is 18.5 Å². The summed E-state index contributed by atoms with van der Waals surface area (Å²) in [6.45, 7) is -0.537. The molecule has 0 radical (unpaired) electrons. The average Bonchev–Trinajstić information content (AvgIpc) is 2.78. The lowest BCUT2D eigenvalue weighted by Gasteiger charge is -2.12. The van der Waals surface area contributed by atoms with Gasteiger partial charge >= 0.3 is 5.97 Å². The molecule has 3 aromatic rings. The van der Waals surface area contributed by atoms with Crippen LogP contribution in [0.4, 0.5) is 11.4 Å². The van der Waals surface area contributed by atoms with Gasteiger partial charge in [0.05, 0.1) is 28.4 Å². The quantitative estimate of drug-likeness (QED) is 0.616. The van der Waals surface area contributed by atoms with E-state index in [0.29, 0.717) is 16.9 Å². The van der Waals surface area contributed by atoms with Crippen LogP contribution in [-0.4, -0.2) is 24.4 Å². The summed E-state index contributed by atoms with van der Waals surface area (Å²) < 4.78 is 5.00. The molecule has 2 amide bonds. The van der Waals surface area contributed by atoms with Gasteiger partial charge in [-0.1, -0.05) is 36.4 Å². The lowest BCUT2D eigenvalue weighted by atomic mass is 10.1. The van der Waals surface area contributed by atoms with Crippen LogP contribution < -0.4 is 10.6 Å². The number of carbonyl (C=O) groups excluding carboxylic acids is 3. The van der Waals surface area contributed by atoms with E-state index in [9.17, 15) is 14.4 Å². The Labute approximate surface area is 172 Å². The highest BCUT2D eigenvalue weighted by molar-refractivity contribution is 6.10. The second-order valence-electron chi connectivity index (χ2n) is 6.18. The molecule has 0 spiro atoms. The summed E-state index contributed by atoms with van der Waals surface area (Å²) in [5.41, 5.74) is 1.66. The highest BCUT2D eigenvalue weighted by Gasteiger charge is 2.15. The lowest BCUT2D eigenvalue weighted by Crippen LogP contribution is -2.23. The van der Waals surface area contributed by atoms with Gasteiger partial charge in [0.1, 0.15) is 0 Å². The van der Waals surface area contributed by atoms with E-state index in [4.69, 9.17) is 10.00 Å². The zero-order valence-corrected chi connectivity index (χ0v) is 15.8. The largest absolute Gasteiger partial charge is 0.452 e. The monoisotopic (exact) mass is 399 g/mol. The third-order valence-electron chi connectivity index (χ3n) is 4.04. The average molecular weight is 399 g/mol. The minimum Gasteiger partial charge on any atom is -0.452 e. The van der Waals surface area contributed by atoms with Gasteiger partial charge in [0, 0.05) is 5.69 Å². The highest BCUT2D eigenvalue weighted by Crippen LogP contribution is 2.17. The molecule has 7 nitrogen and oxygen atoms in total. The predicted molar refractivity (Wildman–Crippen MR) is 111 cm³/mol. The zero-order chi connectivity index (χ0) is 21.3. The van der Waals surface area contributed by atoms with Gasteiger partial charge in [-0.3, -0.25) is 9.59 Å². The molecule has 7 heteroatoms. The van der Waals surface area contributed by atoms with Crippen molar-refractivity contribution in [1.82, 2.24) is 0 Å². The third kappa shape index (κ3) is 5.30. The van der Waals surface area contributed by atoms with Crippen LogP contribution in [0.15, 0.2) is 78.9 Å². The fourth-order valence-electron chi connectivity index (χ4n) is 2.63. The van der Waals surface area contributed by atoms with E-state index in [1.165, 1.54) is 12.1 Å². The maximum Gasteiger partial charge on any atom is 0.338 e. The van der Waals surface area contributed by atoms with E-state index in [2.05, 4.69) is 10.6 Å². The molecule has 148 valence electrons.